The van der Waals surface area contributed by atoms with Gasteiger partial charge in [0, 0.05) is 5.92 Å². The van der Waals surface area contributed by atoms with Crippen molar-refractivity contribution < 1.29 is 19.4 Å². The van der Waals surface area contributed by atoms with Crippen LogP contribution in [0.1, 0.15) is 19.8 Å². The lowest BCUT2D eigenvalue weighted by atomic mass is 10.0. The monoisotopic (exact) mass is 184 g/mol. The van der Waals surface area contributed by atoms with Gasteiger partial charge in [-0.25, -0.2) is 0 Å². The maximum absolute atomic E-state index is 10.9. The number of aliphatic carboxylic acids is 1. The summed E-state index contributed by atoms with van der Waals surface area (Å²) < 4.78 is 4.63. The Morgan fingerprint density at radius 1 is 1.54 bits per heavy atom. The molecule has 0 radical (unpaired) electrons. The number of hydrogen-bond donors (Lipinski definition) is 1. The Kier molecular flexibility index (Phi) is 5.37. The summed E-state index contributed by atoms with van der Waals surface area (Å²) in [6.45, 7) is 1.96. The van der Waals surface area contributed by atoms with Crippen LogP contribution in [0.5, 0.6) is 0 Å². The van der Waals surface area contributed by atoms with E-state index >= 15 is 0 Å². The van der Waals surface area contributed by atoms with E-state index in [0.29, 0.717) is 0 Å². The Morgan fingerprint density at radius 2 is 2.15 bits per heavy atom. The molecule has 0 aromatic carbocycles. The molecule has 4 nitrogen and oxygen atoms in total. The lowest BCUT2D eigenvalue weighted by Crippen LogP contribution is -2.13. The van der Waals surface area contributed by atoms with Gasteiger partial charge in [0.1, 0.15) is 0 Å². The van der Waals surface area contributed by atoms with Crippen LogP contribution in [0.2, 0.25) is 0 Å². The molecule has 0 aliphatic rings. The highest BCUT2D eigenvalue weighted by Crippen LogP contribution is 2.08. The van der Waals surface area contributed by atoms with Gasteiger partial charge in [-0.15, -0.1) is 12.3 Å². The van der Waals surface area contributed by atoms with E-state index < -0.39 is 17.9 Å². The number of carbonyl (C=O) groups excluding carboxylic acids is 1. The number of esters is 1. The predicted molar refractivity (Wildman–Crippen MR) is 45.8 cm³/mol. The molecule has 4 heteroatoms. The SMILES string of the molecule is C#C[C@@H](CC(=O)O)CC(=O)OCC. The third-order valence-corrected chi connectivity index (χ3v) is 1.38. The minimum absolute atomic E-state index is 0.0311. The molecular formula is C9H12O4. The first kappa shape index (κ1) is 11.5. The zero-order chi connectivity index (χ0) is 10.3. The van der Waals surface area contributed by atoms with Crippen LogP contribution in [0.4, 0.5) is 0 Å². The van der Waals surface area contributed by atoms with Crippen LogP contribution in [-0.4, -0.2) is 23.7 Å². The molecule has 0 aliphatic heterocycles. The van der Waals surface area contributed by atoms with Crippen LogP contribution >= 0.6 is 0 Å². The molecule has 1 atom stereocenters. The minimum atomic E-state index is -1.01. The summed E-state index contributed by atoms with van der Waals surface area (Å²) in [5, 5.41) is 8.41. The standard InChI is InChI=1S/C9H12O4/c1-3-7(5-8(10)11)6-9(12)13-4-2/h1,7H,4-6H2,2H3,(H,10,11)/t7-/m0/s1. The van der Waals surface area contributed by atoms with Gasteiger partial charge in [-0.3, -0.25) is 9.59 Å². The van der Waals surface area contributed by atoms with Gasteiger partial charge in [0.2, 0.25) is 0 Å². The first-order chi connectivity index (χ1) is 6.10. The maximum atomic E-state index is 10.9. The van der Waals surface area contributed by atoms with Crippen LogP contribution in [0.15, 0.2) is 0 Å². The van der Waals surface area contributed by atoms with Gasteiger partial charge in [-0.05, 0) is 6.92 Å². The lowest BCUT2D eigenvalue weighted by Gasteiger charge is -2.06. The van der Waals surface area contributed by atoms with Gasteiger partial charge in [-0.1, -0.05) is 0 Å². The molecule has 0 rings (SSSR count). The Bertz CT molecular complexity index is 226. The second-order valence-corrected chi connectivity index (χ2v) is 2.47. The molecule has 0 amide bonds. The second kappa shape index (κ2) is 6.06. The molecule has 0 bridgehead atoms. The van der Waals surface area contributed by atoms with Crippen LogP contribution in [0.3, 0.4) is 0 Å². The Labute approximate surface area is 76.9 Å². The molecule has 1 N–H and O–H groups in total. The Balaban J connectivity index is 3.92. The Morgan fingerprint density at radius 3 is 2.54 bits per heavy atom. The van der Waals surface area contributed by atoms with Crippen molar-refractivity contribution in [3.05, 3.63) is 0 Å². The van der Waals surface area contributed by atoms with E-state index in [1.807, 2.05) is 0 Å². The number of carboxylic acid groups (broad SMARTS) is 1. The number of ether oxygens (including phenoxy) is 1. The molecule has 0 saturated heterocycles. The highest BCUT2D eigenvalue weighted by molar-refractivity contribution is 5.72. The van der Waals surface area contributed by atoms with Crippen molar-refractivity contribution in [2.45, 2.75) is 19.8 Å². The molecule has 0 fully saturated rings. The van der Waals surface area contributed by atoms with Crippen molar-refractivity contribution in [2.24, 2.45) is 5.92 Å². The number of rotatable bonds is 5. The highest BCUT2D eigenvalue weighted by atomic mass is 16.5. The summed E-state index contributed by atoms with van der Waals surface area (Å²) in [7, 11) is 0. The maximum Gasteiger partial charge on any atom is 0.307 e. The molecular weight excluding hydrogens is 172 g/mol. The summed E-state index contributed by atoms with van der Waals surface area (Å²) in [4.78, 5) is 21.1. The van der Waals surface area contributed by atoms with Gasteiger partial charge >= 0.3 is 11.9 Å². The summed E-state index contributed by atoms with van der Waals surface area (Å²) in [5.41, 5.74) is 0. The van der Waals surface area contributed by atoms with Crippen molar-refractivity contribution in [1.29, 1.82) is 0 Å². The summed E-state index contributed by atoms with van der Waals surface area (Å²) in [5.74, 6) is 0.209. The zero-order valence-electron chi connectivity index (χ0n) is 7.45. The van der Waals surface area contributed by atoms with E-state index in [1.54, 1.807) is 6.92 Å². The van der Waals surface area contributed by atoms with E-state index in [1.165, 1.54) is 0 Å². The number of carbonyl (C=O) groups is 2. The summed E-state index contributed by atoms with van der Waals surface area (Å²) >= 11 is 0. The number of carboxylic acids is 1. The van der Waals surface area contributed by atoms with Crippen LogP contribution < -0.4 is 0 Å². The third kappa shape index (κ3) is 5.74. The fourth-order valence-electron chi connectivity index (χ4n) is 0.822. The third-order valence-electron chi connectivity index (χ3n) is 1.38. The predicted octanol–water partition coefficient (Wildman–Crippen LogP) is 0.664. The second-order valence-electron chi connectivity index (χ2n) is 2.47. The van der Waals surface area contributed by atoms with Crippen molar-refractivity contribution >= 4 is 11.9 Å². The molecule has 0 spiro atoms. The van der Waals surface area contributed by atoms with Crippen molar-refractivity contribution in [2.75, 3.05) is 6.61 Å². The van der Waals surface area contributed by atoms with E-state index in [2.05, 4.69) is 10.7 Å². The molecule has 0 saturated carbocycles. The fourth-order valence-corrected chi connectivity index (χ4v) is 0.822. The van der Waals surface area contributed by atoms with E-state index in [-0.39, 0.29) is 19.4 Å². The van der Waals surface area contributed by atoms with Gasteiger partial charge in [-0.2, -0.15) is 0 Å². The van der Waals surface area contributed by atoms with Gasteiger partial charge < -0.3 is 9.84 Å². The number of terminal acetylenes is 1. The normalized spacial score (nSPS) is 11.4. The fraction of sp³-hybridized carbons (Fsp3) is 0.556. The topological polar surface area (TPSA) is 63.6 Å². The van der Waals surface area contributed by atoms with Gasteiger partial charge in [0.25, 0.3) is 0 Å². The minimum Gasteiger partial charge on any atom is -0.481 e. The average molecular weight is 184 g/mol. The molecule has 13 heavy (non-hydrogen) atoms. The smallest absolute Gasteiger partial charge is 0.307 e. The largest absolute Gasteiger partial charge is 0.481 e. The van der Waals surface area contributed by atoms with Crippen LogP contribution in [0.25, 0.3) is 0 Å². The van der Waals surface area contributed by atoms with Gasteiger partial charge in [0.05, 0.1) is 19.4 Å². The first-order valence-corrected chi connectivity index (χ1v) is 3.93. The highest BCUT2D eigenvalue weighted by Gasteiger charge is 2.15. The molecule has 0 aromatic rings. The first-order valence-electron chi connectivity index (χ1n) is 3.93. The molecule has 0 heterocycles. The molecule has 72 valence electrons. The van der Waals surface area contributed by atoms with Gasteiger partial charge in [0.15, 0.2) is 0 Å². The van der Waals surface area contributed by atoms with Crippen molar-refractivity contribution in [3.63, 3.8) is 0 Å². The molecule has 0 aliphatic carbocycles. The number of hydrogen-bond acceptors (Lipinski definition) is 3. The quantitative estimate of drug-likeness (QED) is 0.503. The molecule has 0 unspecified atom stereocenters. The van der Waals surface area contributed by atoms with Crippen LogP contribution in [0, 0.1) is 18.3 Å². The average Bonchev–Trinajstić information content (AvgIpc) is 2.02. The molecule has 0 aromatic heterocycles. The summed E-state index contributed by atoms with van der Waals surface area (Å²) in [6, 6.07) is 0. The lowest BCUT2D eigenvalue weighted by molar-refractivity contribution is -0.144. The van der Waals surface area contributed by atoms with Crippen molar-refractivity contribution in [1.82, 2.24) is 0 Å². The van der Waals surface area contributed by atoms with Crippen molar-refractivity contribution in [3.8, 4) is 12.3 Å². The van der Waals surface area contributed by atoms with E-state index in [0.717, 1.165) is 0 Å². The van der Waals surface area contributed by atoms with Crippen LogP contribution in [-0.2, 0) is 14.3 Å². The van der Waals surface area contributed by atoms with E-state index in [4.69, 9.17) is 11.5 Å². The van der Waals surface area contributed by atoms with E-state index in [9.17, 15) is 9.59 Å². The Hall–Kier alpha value is -1.50. The summed E-state index contributed by atoms with van der Waals surface area (Å²) in [6.07, 6.45) is 4.81. The zero-order valence-corrected chi connectivity index (χ0v) is 7.45.